The predicted octanol–water partition coefficient (Wildman–Crippen LogP) is 2.26. The number of aryl methyl sites for hydroxylation is 1. The number of nitrogens with zero attached hydrogens (tertiary/aromatic N) is 3. The SMILES string of the molecule is Cc1cnn(C2CCN(C(=O)Nc3ccc(OS(=O)(=O)F)cc3)C2)c1. The number of halogens is 1. The van der Waals surface area contributed by atoms with E-state index in [4.69, 9.17) is 0 Å². The van der Waals surface area contributed by atoms with Gasteiger partial charge in [-0.15, -0.1) is 0 Å². The van der Waals surface area contributed by atoms with Crippen LogP contribution >= 0.6 is 0 Å². The summed E-state index contributed by atoms with van der Waals surface area (Å²) in [4.78, 5) is 14.0. The van der Waals surface area contributed by atoms with E-state index in [9.17, 15) is 17.1 Å². The minimum absolute atomic E-state index is 0.144. The molecule has 3 rings (SSSR count). The normalized spacial score (nSPS) is 17.5. The number of hydrogen-bond acceptors (Lipinski definition) is 5. The smallest absolute Gasteiger partial charge is 0.358 e. The van der Waals surface area contributed by atoms with Crippen LogP contribution in [0.15, 0.2) is 36.7 Å². The number of nitrogens with one attached hydrogen (secondary N) is 1. The van der Waals surface area contributed by atoms with E-state index in [1.165, 1.54) is 24.3 Å². The summed E-state index contributed by atoms with van der Waals surface area (Å²) in [7, 11) is -5.06. The van der Waals surface area contributed by atoms with Gasteiger partial charge in [0.1, 0.15) is 5.75 Å². The molecule has 10 heteroatoms. The molecule has 0 aliphatic carbocycles. The highest BCUT2D eigenvalue weighted by Gasteiger charge is 2.27. The summed E-state index contributed by atoms with van der Waals surface area (Å²) in [5.41, 5.74) is 1.52. The molecule has 1 saturated heterocycles. The van der Waals surface area contributed by atoms with Crippen LogP contribution in [0, 0.1) is 6.92 Å². The summed E-state index contributed by atoms with van der Waals surface area (Å²) in [6, 6.07) is 5.26. The number of benzene rings is 1. The molecule has 1 aliphatic heterocycles. The van der Waals surface area contributed by atoms with Crippen molar-refractivity contribution in [3.05, 3.63) is 42.2 Å². The van der Waals surface area contributed by atoms with Crippen LogP contribution in [0.4, 0.5) is 14.4 Å². The highest BCUT2D eigenvalue weighted by atomic mass is 32.3. The summed E-state index contributed by atoms with van der Waals surface area (Å²) in [5.74, 6) is -0.171. The Hall–Kier alpha value is -2.62. The van der Waals surface area contributed by atoms with Crippen molar-refractivity contribution in [1.29, 1.82) is 0 Å². The Kier molecular flexibility index (Phi) is 4.62. The Morgan fingerprint density at radius 1 is 1.36 bits per heavy atom. The average molecular weight is 368 g/mol. The Morgan fingerprint density at radius 3 is 2.68 bits per heavy atom. The monoisotopic (exact) mass is 368 g/mol. The second-order valence-corrected chi connectivity index (χ2v) is 6.77. The third-order valence-electron chi connectivity index (χ3n) is 3.86. The molecule has 1 aliphatic rings. The van der Waals surface area contributed by atoms with Gasteiger partial charge in [-0.3, -0.25) is 4.68 Å². The van der Waals surface area contributed by atoms with Crippen LogP contribution in [0.25, 0.3) is 0 Å². The lowest BCUT2D eigenvalue weighted by Crippen LogP contribution is -2.33. The Balaban J connectivity index is 1.57. The predicted molar refractivity (Wildman–Crippen MR) is 88.3 cm³/mol. The van der Waals surface area contributed by atoms with Crippen molar-refractivity contribution >= 4 is 22.2 Å². The molecule has 134 valence electrons. The first-order valence-corrected chi connectivity index (χ1v) is 8.92. The molecule has 1 aromatic carbocycles. The number of hydrogen-bond donors (Lipinski definition) is 1. The number of likely N-dealkylation sites (tertiary alicyclic amines) is 1. The van der Waals surface area contributed by atoms with Gasteiger partial charge >= 0.3 is 16.5 Å². The summed E-state index contributed by atoms with van der Waals surface area (Å²) in [5, 5.41) is 6.99. The van der Waals surface area contributed by atoms with Gasteiger partial charge in [0.05, 0.1) is 12.2 Å². The van der Waals surface area contributed by atoms with Gasteiger partial charge in [0.2, 0.25) is 0 Å². The van der Waals surface area contributed by atoms with Crippen LogP contribution in [-0.4, -0.2) is 42.2 Å². The molecule has 2 heterocycles. The zero-order valence-electron chi connectivity index (χ0n) is 13.4. The van der Waals surface area contributed by atoms with Crippen molar-refractivity contribution in [2.75, 3.05) is 18.4 Å². The fraction of sp³-hybridized carbons (Fsp3) is 0.333. The Morgan fingerprint density at radius 2 is 2.08 bits per heavy atom. The van der Waals surface area contributed by atoms with E-state index in [-0.39, 0.29) is 17.8 Å². The summed E-state index contributed by atoms with van der Waals surface area (Å²) in [6.45, 7) is 3.12. The first kappa shape index (κ1) is 17.2. The fourth-order valence-electron chi connectivity index (χ4n) is 2.69. The van der Waals surface area contributed by atoms with Gasteiger partial charge in [0.25, 0.3) is 0 Å². The maximum absolute atomic E-state index is 12.4. The van der Waals surface area contributed by atoms with Gasteiger partial charge in [0, 0.05) is 25.0 Å². The van der Waals surface area contributed by atoms with E-state index in [2.05, 4.69) is 14.6 Å². The van der Waals surface area contributed by atoms with Gasteiger partial charge in [-0.2, -0.15) is 13.5 Å². The molecule has 0 spiro atoms. The molecule has 8 nitrogen and oxygen atoms in total. The van der Waals surface area contributed by atoms with Crippen molar-refractivity contribution in [3.63, 3.8) is 0 Å². The molecule has 1 N–H and O–H groups in total. The topological polar surface area (TPSA) is 93.5 Å². The minimum Gasteiger partial charge on any atom is -0.358 e. The van der Waals surface area contributed by atoms with E-state index in [0.29, 0.717) is 18.8 Å². The molecular formula is C15H17FN4O4S. The van der Waals surface area contributed by atoms with Gasteiger partial charge in [-0.25, -0.2) is 4.79 Å². The zero-order chi connectivity index (χ0) is 18.0. The van der Waals surface area contributed by atoms with E-state index < -0.39 is 10.5 Å². The van der Waals surface area contributed by atoms with E-state index in [0.717, 1.165) is 12.0 Å². The molecule has 0 radical (unpaired) electrons. The standard InChI is InChI=1S/C15H17FN4O4S/c1-11-8-17-20(9-11)13-6-7-19(10-13)15(21)18-12-2-4-14(5-3-12)24-25(16,22)23/h2-5,8-9,13H,6-7,10H2,1H3,(H,18,21). The molecule has 1 fully saturated rings. The van der Waals surface area contributed by atoms with Gasteiger partial charge in [-0.1, -0.05) is 3.89 Å². The van der Waals surface area contributed by atoms with Crippen molar-refractivity contribution in [3.8, 4) is 5.75 Å². The van der Waals surface area contributed by atoms with Gasteiger partial charge in [0.15, 0.2) is 0 Å². The lowest BCUT2D eigenvalue weighted by molar-refractivity contribution is 0.220. The summed E-state index contributed by atoms with van der Waals surface area (Å²) < 4.78 is 39.2. The molecule has 25 heavy (non-hydrogen) atoms. The van der Waals surface area contributed by atoms with Crippen LogP contribution in [0.3, 0.4) is 0 Å². The van der Waals surface area contributed by atoms with Crippen molar-refractivity contribution in [2.45, 2.75) is 19.4 Å². The minimum atomic E-state index is -5.06. The molecule has 1 aromatic heterocycles. The molecule has 1 unspecified atom stereocenters. The number of anilines is 1. The van der Waals surface area contributed by atoms with Crippen molar-refractivity contribution in [1.82, 2.24) is 14.7 Å². The number of carbonyl (C=O) groups excluding carboxylic acids is 1. The number of urea groups is 1. The zero-order valence-corrected chi connectivity index (χ0v) is 14.2. The Labute approximate surface area is 144 Å². The second kappa shape index (κ2) is 6.71. The van der Waals surface area contributed by atoms with Crippen LogP contribution in [0.2, 0.25) is 0 Å². The highest BCUT2D eigenvalue weighted by molar-refractivity contribution is 7.81. The molecule has 0 bridgehead atoms. The third-order valence-corrected chi connectivity index (χ3v) is 4.25. The Bertz CT molecular complexity index is 866. The van der Waals surface area contributed by atoms with Crippen molar-refractivity contribution < 1.29 is 21.3 Å². The number of carbonyl (C=O) groups is 1. The largest absolute Gasteiger partial charge is 0.488 e. The van der Waals surface area contributed by atoms with Crippen molar-refractivity contribution in [2.24, 2.45) is 0 Å². The van der Waals surface area contributed by atoms with E-state index >= 15 is 0 Å². The van der Waals surface area contributed by atoms with Gasteiger partial charge in [-0.05, 0) is 43.2 Å². The fourth-order valence-corrected chi connectivity index (χ4v) is 3.03. The van der Waals surface area contributed by atoms with Crippen LogP contribution < -0.4 is 9.50 Å². The van der Waals surface area contributed by atoms with E-state index in [1.807, 2.05) is 17.8 Å². The quantitative estimate of drug-likeness (QED) is 0.836. The summed E-state index contributed by atoms with van der Waals surface area (Å²) in [6.07, 6.45) is 4.55. The van der Waals surface area contributed by atoms with Crippen LogP contribution in [0.1, 0.15) is 18.0 Å². The molecule has 2 amide bonds. The number of rotatable bonds is 4. The first-order valence-electron chi connectivity index (χ1n) is 7.61. The maximum Gasteiger partial charge on any atom is 0.488 e. The lowest BCUT2D eigenvalue weighted by Gasteiger charge is -2.17. The lowest BCUT2D eigenvalue weighted by atomic mass is 10.3. The molecule has 0 saturated carbocycles. The first-order chi connectivity index (χ1) is 11.8. The number of amides is 2. The molecule has 2 aromatic rings. The number of aromatic nitrogens is 2. The van der Waals surface area contributed by atoms with E-state index in [1.54, 1.807) is 11.1 Å². The molecular weight excluding hydrogens is 351 g/mol. The van der Waals surface area contributed by atoms with Crippen LogP contribution in [0.5, 0.6) is 5.75 Å². The highest BCUT2D eigenvalue weighted by Crippen LogP contribution is 2.23. The average Bonchev–Trinajstić information content (AvgIpc) is 3.16. The third kappa shape index (κ3) is 4.47. The maximum atomic E-state index is 12.4. The van der Waals surface area contributed by atoms with Gasteiger partial charge < -0.3 is 14.4 Å². The van der Waals surface area contributed by atoms with Crippen LogP contribution in [-0.2, 0) is 10.5 Å². The second-order valence-electron chi connectivity index (χ2n) is 5.82. The molecule has 1 atom stereocenters. The summed E-state index contributed by atoms with van der Waals surface area (Å²) >= 11 is 0.